The van der Waals surface area contributed by atoms with E-state index < -0.39 is 11.5 Å². The lowest BCUT2D eigenvalue weighted by atomic mass is 9.82. The van der Waals surface area contributed by atoms with Crippen molar-refractivity contribution in [3.8, 4) is 0 Å². The van der Waals surface area contributed by atoms with E-state index in [1.165, 1.54) is 6.92 Å². The lowest BCUT2D eigenvalue weighted by Crippen LogP contribution is -2.53. The zero-order chi connectivity index (χ0) is 15.9. The first-order valence-corrected chi connectivity index (χ1v) is 7.31. The minimum atomic E-state index is -1.31. The summed E-state index contributed by atoms with van der Waals surface area (Å²) >= 11 is 0. The highest BCUT2D eigenvalue weighted by atomic mass is 16.4. The third-order valence-corrected chi connectivity index (χ3v) is 4.31. The van der Waals surface area contributed by atoms with Gasteiger partial charge < -0.3 is 10.0 Å². The van der Waals surface area contributed by atoms with Crippen LogP contribution >= 0.6 is 0 Å². The zero-order valence-electron chi connectivity index (χ0n) is 13.4. The molecule has 1 fully saturated rings. The molecule has 1 aliphatic rings. The van der Waals surface area contributed by atoms with Crippen molar-refractivity contribution < 1.29 is 14.7 Å². The Morgan fingerprint density at radius 1 is 1.19 bits per heavy atom. The fraction of sp³-hybridized carbons (Fsp3) is 0.529. The van der Waals surface area contributed by atoms with Gasteiger partial charge in [-0.05, 0) is 57.2 Å². The summed E-state index contributed by atoms with van der Waals surface area (Å²) in [6, 6.07) is 4.01. The summed E-state index contributed by atoms with van der Waals surface area (Å²) in [5, 5.41) is 9.91. The maximum absolute atomic E-state index is 12.1. The summed E-state index contributed by atoms with van der Waals surface area (Å²) in [6.07, 6.45) is 1.76. The SMILES string of the molecule is CC(=O)N(C1CC1)C(C)(C(=O)O)c1c(C)cc(C)cc1C. The van der Waals surface area contributed by atoms with Crippen LogP contribution in [0.15, 0.2) is 12.1 Å². The zero-order valence-corrected chi connectivity index (χ0v) is 13.4. The van der Waals surface area contributed by atoms with Crippen molar-refractivity contribution in [2.24, 2.45) is 0 Å². The molecule has 1 N–H and O–H groups in total. The third-order valence-electron chi connectivity index (χ3n) is 4.31. The molecule has 1 aromatic rings. The highest BCUT2D eigenvalue weighted by Crippen LogP contribution is 2.41. The highest BCUT2D eigenvalue weighted by molar-refractivity contribution is 5.88. The van der Waals surface area contributed by atoms with E-state index in [-0.39, 0.29) is 11.9 Å². The van der Waals surface area contributed by atoms with Crippen molar-refractivity contribution in [3.05, 3.63) is 34.4 Å². The van der Waals surface area contributed by atoms with Crippen LogP contribution in [0.1, 0.15) is 48.9 Å². The van der Waals surface area contributed by atoms with E-state index in [2.05, 4.69) is 0 Å². The van der Waals surface area contributed by atoms with Gasteiger partial charge in [-0.3, -0.25) is 4.79 Å². The first kappa shape index (κ1) is 15.5. The average molecular weight is 289 g/mol. The summed E-state index contributed by atoms with van der Waals surface area (Å²) in [7, 11) is 0. The molecule has 4 heteroatoms. The Morgan fingerprint density at radius 2 is 1.67 bits per heavy atom. The Balaban J connectivity index is 2.68. The molecule has 0 aliphatic heterocycles. The minimum absolute atomic E-state index is 0.0451. The highest BCUT2D eigenvalue weighted by Gasteiger charge is 2.50. The van der Waals surface area contributed by atoms with E-state index in [1.54, 1.807) is 11.8 Å². The Labute approximate surface area is 125 Å². The molecule has 1 saturated carbocycles. The van der Waals surface area contributed by atoms with Crippen LogP contribution in [0, 0.1) is 20.8 Å². The molecule has 0 bridgehead atoms. The maximum atomic E-state index is 12.1. The Kier molecular flexibility index (Phi) is 3.83. The summed E-state index contributed by atoms with van der Waals surface area (Å²) in [6.45, 7) is 8.94. The molecule has 2 rings (SSSR count). The second-order valence-electron chi connectivity index (χ2n) is 6.27. The predicted molar refractivity (Wildman–Crippen MR) is 81.2 cm³/mol. The van der Waals surface area contributed by atoms with Crippen molar-refractivity contribution >= 4 is 11.9 Å². The van der Waals surface area contributed by atoms with E-state index in [0.717, 1.165) is 35.1 Å². The van der Waals surface area contributed by atoms with E-state index in [4.69, 9.17) is 0 Å². The normalized spacial score (nSPS) is 17.2. The molecule has 21 heavy (non-hydrogen) atoms. The smallest absolute Gasteiger partial charge is 0.334 e. The van der Waals surface area contributed by atoms with Gasteiger partial charge in [0.2, 0.25) is 5.91 Å². The second-order valence-corrected chi connectivity index (χ2v) is 6.27. The van der Waals surface area contributed by atoms with Crippen molar-refractivity contribution in [2.45, 2.75) is 59.0 Å². The number of benzene rings is 1. The molecule has 1 atom stereocenters. The van der Waals surface area contributed by atoms with Crippen LogP contribution in [-0.4, -0.2) is 27.9 Å². The Hall–Kier alpha value is -1.84. The number of aliphatic carboxylic acids is 1. The molecule has 4 nitrogen and oxygen atoms in total. The van der Waals surface area contributed by atoms with Gasteiger partial charge in [0.25, 0.3) is 0 Å². The Bertz CT molecular complexity index is 581. The van der Waals surface area contributed by atoms with Crippen LogP contribution < -0.4 is 0 Å². The van der Waals surface area contributed by atoms with Crippen molar-refractivity contribution in [1.29, 1.82) is 0 Å². The van der Waals surface area contributed by atoms with Crippen LogP contribution in [0.5, 0.6) is 0 Å². The third kappa shape index (κ3) is 2.55. The van der Waals surface area contributed by atoms with Gasteiger partial charge in [0.15, 0.2) is 5.54 Å². The number of aryl methyl sites for hydroxylation is 3. The minimum Gasteiger partial charge on any atom is -0.479 e. The topological polar surface area (TPSA) is 57.6 Å². The van der Waals surface area contributed by atoms with E-state index in [0.29, 0.717) is 0 Å². The molecule has 1 aliphatic carbocycles. The van der Waals surface area contributed by atoms with E-state index in [9.17, 15) is 14.7 Å². The van der Waals surface area contributed by atoms with Gasteiger partial charge in [-0.25, -0.2) is 4.79 Å². The van der Waals surface area contributed by atoms with Crippen LogP contribution in [0.2, 0.25) is 0 Å². The molecule has 1 amide bonds. The van der Waals surface area contributed by atoms with Crippen molar-refractivity contribution in [2.75, 3.05) is 0 Å². The number of carbonyl (C=O) groups excluding carboxylic acids is 1. The van der Waals surface area contributed by atoms with Gasteiger partial charge in [-0.1, -0.05) is 17.7 Å². The van der Waals surface area contributed by atoms with Gasteiger partial charge in [-0.2, -0.15) is 0 Å². The fourth-order valence-electron chi connectivity index (χ4n) is 3.55. The van der Waals surface area contributed by atoms with Crippen LogP contribution in [0.3, 0.4) is 0 Å². The largest absolute Gasteiger partial charge is 0.479 e. The Morgan fingerprint density at radius 3 is 2.00 bits per heavy atom. The molecule has 1 unspecified atom stereocenters. The number of carboxylic acid groups (broad SMARTS) is 1. The standard InChI is InChI=1S/C17H23NO3/c1-10-8-11(2)15(12(3)9-10)17(5,16(20)21)18(13(4)19)14-6-7-14/h8-9,14H,6-7H2,1-5H3,(H,20,21). The monoisotopic (exact) mass is 289 g/mol. The molecular weight excluding hydrogens is 266 g/mol. The second kappa shape index (κ2) is 5.17. The van der Waals surface area contributed by atoms with Crippen LogP contribution in [-0.2, 0) is 15.1 Å². The van der Waals surface area contributed by atoms with E-state index >= 15 is 0 Å². The van der Waals surface area contributed by atoms with Crippen LogP contribution in [0.4, 0.5) is 0 Å². The fourth-order valence-corrected chi connectivity index (χ4v) is 3.55. The maximum Gasteiger partial charge on any atom is 0.334 e. The average Bonchev–Trinajstić information content (AvgIpc) is 3.10. The van der Waals surface area contributed by atoms with Crippen molar-refractivity contribution in [3.63, 3.8) is 0 Å². The molecule has 0 spiro atoms. The molecule has 0 radical (unpaired) electrons. The molecular formula is C17H23NO3. The number of hydrogen-bond acceptors (Lipinski definition) is 2. The first-order chi connectivity index (χ1) is 9.69. The van der Waals surface area contributed by atoms with Gasteiger partial charge in [0.05, 0.1) is 0 Å². The number of nitrogens with zero attached hydrogens (tertiary/aromatic N) is 1. The summed E-state index contributed by atoms with van der Waals surface area (Å²) in [4.78, 5) is 25.8. The van der Waals surface area contributed by atoms with Gasteiger partial charge in [-0.15, -0.1) is 0 Å². The number of hydrogen-bond donors (Lipinski definition) is 1. The number of amides is 1. The van der Waals surface area contributed by atoms with Crippen molar-refractivity contribution in [1.82, 2.24) is 4.90 Å². The van der Waals surface area contributed by atoms with Gasteiger partial charge >= 0.3 is 5.97 Å². The van der Waals surface area contributed by atoms with Crippen LogP contribution in [0.25, 0.3) is 0 Å². The summed E-state index contributed by atoms with van der Waals surface area (Å²) < 4.78 is 0. The summed E-state index contributed by atoms with van der Waals surface area (Å²) in [5.41, 5.74) is 2.37. The lowest BCUT2D eigenvalue weighted by Gasteiger charge is -2.40. The number of rotatable bonds is 4. The van der Waals surface area contributed by atoms with Gasteiger partial charge in [0, 0.05) is 13.0 Å². The molecule has 114 valence electrons. The summed E-state index contributed by atoms with van der Waals surface area (Å²) in [5.74, 6) is -1.15. The molecule has 0 aromatic heterocycles. The molecule has 0 heterocycles. The quantitative estimate of drug-likeness (QED) is 0.927. The van der Waals surface area contributed by atoms with Gasteiger partial charge in [0.1, 0.15) is 0 Å². The first-order valence-electron chi connectivity index (χ1n) is 7.31. The predicted octanol–water partition coefficient (Wildman–Crippen LogP) is 2.92. The molecule has 1 aromatic carbocycles. The number of carbonyl (C=O) groups is 2. The van der Waals surface area contributed by atoms with E-state index in [1.807, 2.05) is 32.9 Å². The lowest BCUT2D eigenvalue weighted by molar-refractivity contribution is -0.159. The molecule has 0 saturated heterocycles. The number of carboxylic acids is 1.